The smallest absolute Gasteiger partial charge is 0.410 e. The van der Waals surface area contributed by atoms with Crippen LogP contribution in [0.5, 0.6) is 0 Å². The van der Waals surface area contributed by atoms with Crippen molar-refractivity contribution in [3.63, 3.8) is 0 Å². The number of carbonyl (C=O) groups is 2. The molecule has 0 radical (unpaired) electrons. The predicted molar refractivity (Wildman–Crippen MR) is 125 cm³/mol. The molecule has 1 aliphatic heterocycles. The van der Waals surface area contributed by atoms with Gasteiger partial charge in [0.05, 0.1) is 29.0 Å². The Bertz CT molecular complexity index is 1120. The van der Waals surface area contributed by atoms with E-state index in [0.29, 0.717) is 43.6 Å². The number of nitrogens with zero attached hydrogens (tertiary/aromatic N) is 3. The Balaban J connectivity index is 1.62. The molecular weight excluding hydrogens is 425 g/mol. The molecule has 4 rings (SSSR count). The Morgan fingerprint density at radius 1 is 1.36 bits per heavy atom. The minimum atomic E-state index is -1.36. The minimum Gasteiger partial charge on any atom is -0.444 e. The Hall–Kier alpha value is -3.10. The van der Waals surface area contributed by atoms with Crippen LogP contribution in [0.25, 0.3) is 11.1 Å². The zero-order valence-electron chi connectivity index (χ0n) is 19.7. The van der Waals surface area contributed by atoms with Gasteiger partial charge in [-0.25, -0.2) is 13.7 Å². The molecule has 2 aliphatic rings. The highest BCUT2D eigenvalue weighted by molar-refractivity contribution is 6.02. The van der Waals surface area contributed by atoms with Crippen molar-refractivity contribution in [3.05, 3.63) is 35.7 Å². The molecule has 2 amide bonds. The second kappa shape index (κ2) is 8.35. The highest BCUT2D eigenvalue weighted by atomic mass is 19.1. The third-order valence-electron chi connectivity index (χ3n) is 6.34. The monoisotopic (exact) mass is 457 g/mol. The average Bonchev–Trinajstić information content (AvgIpc) is 3.30. The van der Waals surface area contributed by atoms with Gasteiger partial charge in [0.25, 0.3) is 5.91 Å². The molecule has 1 saturated carbocycles. The zero-order chi connectivity index (χ0) is 24.0. The van der Waals surface area contributed by atoms with Gasteiger partial charge in [-0.2, -0.15) is 5.10 Å². The fourth-order valence-electron chi connectivity index (χ4n) is 4.52. The van der Waals surface area contributed by atoms with Gasteiger partial charge in [0, 0.05) is 19.3 Å². The molecule has 178 valence electrons. The van der Waals surface area contributed by atoms with E-state index in [1.54, 1.807) is 16.3 Å². The van der Waals surface area contributed by atoms with E-state index in [1.165, 1.54) is 6.20 Å². The number of hydrogen-bond donors (Lipinski definition) is 2. The first-order chi connectivity index (χ1) is 15.4. The van der Waals surface area contributed by atoms with E-state index >= 15 is 0 Å². The number of hydrogen-bond acceptors (Lipinski definition) is 5. The lowest BCUT2D eigenvalue weighted by molar-refractivity contribution is 0.0270. The van der Waals surface area contributed by atoms with E-state index in [-0.39, 0.29) is 11.7 Å². The summed E-state index contributed by atoms with van der Waals surface area (Å²) >= 11 is 0. The number of ether oxygens (including phenoxy) is 1. The molecular formula is C24H32FN5O3. The Morgan fingerprint density at radius 3 is 2.70 bits per heavy atom. The third kappa shape index (κ3) is 4.82. The fraction of sp³-hybridized carbons (Fsp3) is 0.542. The molecule has 2 aromatic rings. The van der Waals surface area contributed by atoms with E-state index in [2.05, 4.69) is 10.4 Å². The highest BCUT2D eigenvalue weighted by Gasteiger charge is 2.39. The van der Waals surface area contributed by atoms with Gasteiger partial charge in [0.2, 0.25) is 0 Å². The van der Waals surface area contributed by atoms with Crippen LogP contribution in [0.1, 0.15) is 69.3 Å². The summed E-state index contributed by atoms with van der Waals surface area (Å²) in [7, 11) is 0. The zero-order valence-corrected chi connectivity index (χ0v) is 19.7. The number of fused-ring (bicyclic) bond motifs is 1. The molecule has 2 unspecified atom stereocenters. The number of rotatable bonds is 4. The van der Waals surface area contributed by atoms with E-state index < -0.39 is 23.2 Å². The maximum Gasteiger partial charge on any atom is 0.410 e. The first-order valence-corrected chi connectivity index (χ1v) is 11.4. The summed E-state index contributed by atoms with van der Waals surface area (Å²) in [6, 6.07) is 1.53. The molecule has 0 bridgehead atoms. The molecule has 1 fully saturated rings. The fourth-order valence-corrected chi connectivity index (χ4v) is 4.52. The molecule has 2 atom stereocenters. The normalized spacial score (nSPS) is 23.5. The molecule has 3 N–H and O–H groups in total. The summed E-state index contributed by atoms with van der Waals surface area (Å²) in [5.74, 6) is -0.612. The van der Waals surface area contributed by atoms with Gasteiger partial charge < -0.3 is 20.7 Å². The van der Waals surface area contributed by atoms with E-state index in [9.17, 15) is 14.0 Å². The molecule has 2 aromatic heterocycles. The molecule has 9 heteroatoms. The van der Waals surface area contributed by atoms with E-state index in [0.717, 1.165) is 17.6 Å². The van der Waals surface area contributed by atoms with E-state index in [1.807, 2.05) is 39.1 Å². The summed E-state index contributed by atoms with van der Waals surface area (Å²) in [5.41, 5.74) is 7.12. The topological polar surface area (TPSA) is 102 Å². The van der Waals surface area contributed by atoms with Crippen molar-refractivity contribution in [2.24, 2.45) is 5.73 Å². The van der Waals surface area contributed by atoms with Gasteiger partial charge in [0.1, 0.15) is 11.3 Å². The molecule has 0 saturated heterocycles. The van der Waals surface area contributed by atoms with Crippen molar-refractivity contribution in [2.45, 2.75) is 70.7 Å². The molecule has 33 heavy (non-hydrogen) atoms. The van der Waals surface area contributed by atoms with Crippen LogP contribution in [0.2, 0.25) is 0 Å². The number of alkyl halides is 1. The Morgan fingerprint density at radius 2 is 2.12 bits per heavy atom. The van der Waals surface area contributed by atoms with Crippen molar-refractivity contribution in [3.8, 4) is 0 Å². The minimum absolute atomic E-state index is 0.239. The number of anilines is 1. The van der Waals surface area contributed by atoms with Crippen LogP contribution in [-0.2, 0) is 4.74 Å². The van der Waals surface area contributed by atoms with Gasteiger partial charge in [-0.1, -0.05) is 6.08 Å². The van der Waals surface area contributed by atoms with Crippen LogP contribution in [-0.4, -0.2) is 56.9 Å². The van der Waals surface area contributed by atoms with E-state index in [4.69, 9.17) is 10.5 Å². The van der Waals surface area contributed by atoms with Gasteiger partial charge in [-0.15, -0.1) is 0 Å². The summed E-state index contributed by atoms with van der Waals surface area (Å²) in [6.45, 7) is 8.12. The Kier molecular flexibility index (Phi) is 5.84. The van der Waals surface area contributed by atoms with Gasteiger partial charge in [-0.05, 0) is 70.6 Å². The van der Waals surface area contributed by atoms with Gasteiger partial charge in [0.15, 0.2) is 0 Å². The Labute approximate surface area is 192 Å². The highest BCUT2D eigenvalue weighted by Crippen LogP contribution is 2.37. The summed E-state index contributed by atoms with van der Waals surface area (Å²) in [5, 5.41) is 7.60. The molecule has 0 aromatic carbocycles. The van der Waals surface area contributed by atoms with Crippen LogP contribution >= 0.6 is 0 Å². The molecule has 0 spiro atoms. The lowest BCUT2D eigenvalue weighted by Gasteiger charge is -2.29. The van der Waals surface area contributed by atoms with Crippen LogP contribution in [0, 0.1) is 0 Å². The van der Waals surface area contributed by atoms with Crippen LogP contribution < -0.4 is 11.1 Å². The first-order valence-electron chi connectivity index (χ1n) is 11.4. The first kappa shape index (κ1) is 23.1. The largest absolute Gasteiger partial charge is 0.444 e. The van der Waals surface area contributed by atoms with Crippen molar-refractivity contribution >= 4 is 28.8 Å². The number of halogens is 1. The second-order valence-corrected chi connectivity index (χ2v) is 10.1. The van der Waals surface area contributed by atoms with Crippen molar-refractivity contribution in [2.75, 3.05) is 18.4 Å². The lowest BCUT2D eigenvalue weighted by atomic mass is 10.0. The number of amides is 2. The average molecular weight is 458 g/mol. The molecule has 1 aliphatic carbocycles. The second-order valence-electron chi connectivity index (χ2n) is 10.1. The summed E-state index contributed by atoms with van der Waals surface area (Å²) < 4.78 is 22.1. The summed E-state index contributed by atoms with van der Waals surface area (Å²) in [4.78, 5) is 26.1. The molecule has 3 heterocycles. The summed E-state index contributed by atoms with van der Waals surface area (Å²) in [6.07, 6.45) is 7.57. The van der Waals surface area contributed by atoms with Crippen molar-refractivity contribution in [1.29, 1.82) is 0 Å². The number of nitrogens with one attached hydrogen (secondary N) is 1. The standard InChI is InChI=1S/C24H32FN5O3/c1-23(2,3)33-22(32)29-10-7-15(8-11-29)16-12-18-20(28-19-6-5-9-24(19,4)25)17(21(26)31)13-27-30(18)14-16/h7,12-14,19,28H,5-6,8-11H2,1-4H3,(H2,26,31). The molecule has 8 nitrogen and oxygen atoms in total. The number of primary amides is 1. The maximum atomic E-state index is 14.9. The lowest BCUT2D eigenvalue weighted by Crippen LogP contribution is -2.39. The van der Waals surface area contributed by atoms with Crippen molar-refractivity contribution in [1.82, 2.24) is 14.5 Å². The quantitative estimate of drug-likeness (QED) is 0.718. The third-order valence-corrected chi connectivity index (χ3v) is 6.34. The predicted octanol–water partition coefficient (Wildman–Crippen LogP) is 4.15. The van der Waals surface area contributed by atoms with Crippen molar-refractivity contribution < 1.29 is 18.7 Å². The van der Waals surface area contributed by atoms with Crippen LogP contribution in [0.3, 0.4) is 0 Å². The van der Waals surface area contributed by atoms with Gasteiger partial charge in [-0.3, -0.25) is 4.79 Å². The van der Waals surface area contributed by atoms with Crippen LogP contribution in [0.15, 0.2) is 24.5 Å². The van der Waals surface area contributed by atoms with Crippen LogP contribution in [0.4, 0.5) is 14.9 Å². The maximum absolute atomic E-state index is 14.9. The number of nitrogens with two attached hydrogens (primary N) is 1. The van der Waals surface area contributed by atoms with Gasteiger partial charge >= 0.3 is 6.09 Å². The SMILES string of the molecule is CC(C)(C)OC(=O)N1CC=C(c2cc3c(NC4CCCC4(C)F)c(C(N)=O)cnn3c2)CC1. The number of aromatic nitrogens is 2. The number of carbonyl (C=O) groups excluding carboxylic acids is 2.